The molecule has 4 rings (SSSR count). The summed E-state index contributed by atoms with van der Waals surface area (Å²) in [4.78, 5) is 21.3. The Bertz CT molecular complexity index is 1090. The van der Waals surface area contributed by atoms with Gasteiger partial charge in [-0.05, 0) is 55.2 Å². The summed E-state index contributed by atoms with van der Waals surface area (Å²) in [5.41, 5.74) is 3.95. The van der Waals surface area contributed by atoms with Gasteiger partial charge in [-0.15, -0.1) is 6.42 Å². The second kappa shape index (κ2) is 7.40. The van der Waals surface area contributed by atoms with E-state index in [0.29, 0.717) is 17.3 Å². The second-order valence-corrected chi connectivity index (χ2v) is 7.18. The van der Waals surface area contributed by atoms with Gasteiger partial charge in [0.25, 0.3) is 5.91 Å². The molecule has 1 saturated carbocycles. The summed E-state index contributed by atoms with van der Waals surface area (Å²) in [6.45, 7) is 1.83. The van der Waals surface area contributed by atoms with E-state index >= 15 is 0 Å². The lowest BCUT2D eigenvalue weighted by Gasteiger charge is -2.19. The van der Waals surface area contributed by atoms with Gasteiger partial charge in [0, 0.05) is 17.3 Å². The standard InChI is InChI=1S/C24H21N3O2/c1-4-17-5-7-19(8-6-17)22(28)27-24(13-14-24)20-11-9-18(10-12-20)21-15-25-16(2)26-23(21)29-3/h1,5-12,15H,13-14H2,2-3H3,(H,27,28). The van der Waals surface area contributed by atoms with Crippen molar-refractivity contribution < 1.29 is 9.53 Å². The fourth-order valence-corrected chi connectivity index (χ4v) is 3.39. The van der Waals surface area contributed by atoms with Gasteiger partial charge < -0.3 is 10.1 Å². The minimum atomic E-state index is -0.311. The first-order valence-corrected chi connectivity index (χ1v) is 9.42. The molecule has 0 spiro atoms. The summed E-state index contributed by atoms with van der Waals surface area (Å²) in [5, 5.41) is 3.19. The molecule has 2 aromatic carbocycles. The molecule has 1 aromatic heterocycles. The minimum Gasteiger partial charge on any atom is -0.480 e. The number of nitrogens with zero attached hydrogens (tertiary/aromatic N) is 2. The van der Waals surface area contributed by atoms with Gasteiger partial charge in [-0.1, -0.05) is 30.2 Å². The highest BCUT2D eigenvalue weighted by atomic mass is 16.5. The summed E-state index contributed by atoms with van der Waals surface area (Å²) >= 11 is 0. The van der Waals surface area contributed by atoms with Crippen molar-refractivity contribution in [3.63, 3.8) is 0 Å². The van der Waals surface area contributed by atoms with Gasteiger partial charge in [-0.3, -0.25) is 4.79 Å². The van der Waals surface area contributed by atoms with E-state index in [1.165, 1.54) is 0 Å². The van der Waals surface area contributed by atoms with E-state index in [1.54, 1.807) is 37.6 Å². The van der Waals surface area contributed by atoms with Crippen LogP contribution in [0.5, 0.6) is 5.88 Å². The molecule has 0 saturated heterocycles. The molecule has 1 fully saturated rings. The number of benzene rings is 2. The molecule has 1 N–H and O–H groups in total. The predicted molar refractivity (Wildman–Crippen MR) is 112 cm³/mol. The molecular weight excluding hydrogens is 362 g/mol. The Hall–Kier alpha value is -3.65. The lowest BCUT2D eigenvalue weighted by Crippen LogP contribution is -2.34. The molecule has 29 heavy (non-hydrogen) atoms. The van der Waals surface area contributed by atoms with Gasteiger partial charge >= 0.3 is 0 Å². The number of aromatic nitrogens is 2. The number of carbonyl (C=O) groups excluding carboxylic acids is 1. The molecule has 5 nitrogen and oxygen atoms in total. The minimum absolute atomic E-state index is 0.0937. The molecule has 144 valence electrons. The number of ether oxygens (including phenoxy) is 1. The molecular formula is C24H21N3O2. The van der Waals surface area contributed by atoms with E-state index in [2.05, 4.69) is 21.2 Å². The smallest absolute Gasteiger partial charge is 0.251 e. The lowest BCUT2D eigenvalue weighted by molar-refractivity contribution is 0.0931. The number of aryl methyl sites for hydroxylation is 1. The normalized spacial score (nSPS) is 14.0. The second-order valence-electron chi connectivity index (χ2n) is 7.18. The number of amides is 1. The average molecular weight is 383 g/mol. The number of hydrogen-bond donors (Lipinski definition) is 1. The molecule has 3 aromatic rings. The largest absolute Gasteiger partial charge is 0.480 e. The maximum Gasteiger partial charge on any atom is 0.251 e. The van der Waals surface area contributed by atoms with Crippen LogP contribution >= 0.6 is 0 Å². The SMILES string of the molecule is C#Cc1ccc(C(=O)NC2(c3ccc(-c4cnc(C)nc4OC)cc3)CC2)cc1. The predicted octanol–water partition coefficient (Wildman–Crippen LogP) is 3.86. The maximum atomic E-state index is 12.7. The Balaban J connectivity index is 1.54. The molecule has 1 heterocycles. The van der Waals surface area contributed by atoms with Gasteiger partial charge in [0.05, 0.1) is 18.2 Å². The monoisotopic (exact) mass is 383 g/mol. The molecule has 0 aliphatic heterocycles. The number of rotatable bonds is 5. The van der Waals surface area contributed by atoms with E-state index in [4.69, 9.17) is 11.2 Å². The Morgan fingerprint density at radius 3 is 2.41 bits per heavy atom. The van der Waals surface area contributed by atoms with Crippen molar-refractivity contribution in [3.05, 3.63) is 77.2 Å². The van der Waals surface area contributed by atoms with Crippen molar-refractivity contribution >= 4 is 5.91 Å². The molecule has 0 atom stereocenters. The fraction of sp³-hybridized carbons (Fsp3) is 0.208. The Morgan fingerprint density at radius 2 is 1.83 bits per heavy atom. The molecule has 5 heteroatoms. The summed E-state index contributed by atoms with van der Waals surface area (Å²) in [6, 6.07) is 15.2. The van der Waals surface area contributed by atoms with Crippen molar-refractivity contribution in [1.82, 2.24) is 15.3 Å². The molecule has 1 aliphatic rings. The van der Waals surface area contributed by atoms with Gasteiger partial charge in [-0.25, -0.2) is 4.98 Å². The number of hydrogen-bond acceptors (Lipinski definition) is 4. The number of carbonyl (C=O) groups is 1. The first-order chi connectivity index (χ1) is 14.0. The lowest BCUT2D eigenvalue weighted by atomic mass is 10.00. The summed E-state index contributed by atoms with van der Waals surface area (Å²) < 4.78 is 5.39. The van der Waals surface area contributed by atoms with Crippen LogP contribution in [0, 0.1) is 19.3 Å². The zero-order chi connectivity index (χ0) is 20.4. The van der Waals surface area contributed by atoms with Crippen LogP contribution in [0.15, 0.2) is 54.7 Å². The van der Waals surface area contributed by atoms with Crippen molar-refractivity contribution in [1.29, 1.82) is 0 Å². The van der Waals surface area contributed by atoms with E-state index in [-0.39, 0.29) is 11.4 Å². The van der Waals surface area contributed by atoms with E-state index < -0.39 is 0 Å². The Morgan fingerprint density at radius 1 is 1.14 bits per heavy atom. The van der Waals surface area contributed by atoms with Crippen molar-refractivity contribution in [3.8, 4) is 29.4 Å². The van der Waals surface area contributed by atoms with Gasteiger partial charge in [0.2, 0.25) is 5.88 Å². The fourth-order valence-electron chi connectivity index (χ4n) is 3.39. The molecule has 0 radical (unpaired) electrons. The van der Waals surface area contributed by atoms with Crippen molar-refractivity contribution in [2.75, 3.05) is 7.11 Å². The number of methoxy groups -OCH3 is 1. The van der Waals surface area contributed by atoms with Gasteiger partial charge in [0.15, 0.2) is 0 Å². The topological polar surface area (TPSA) is 64.1 Å². The van der Waals surface area contributed by atoms with Crippen LogP contribution in [-0.4, -0.2) is 23.0 Å². The number of nitrogens with one attached hydrogen (secondary N) is 1. The van der Waals surface area contributed by atoms with Gasteiger partial charge in [-0.2, -0.15) is 4.98 Å². The third-order valence-corrected chi connectivity index (χ3v) is 5.23. The summed E-state index contributed by atoms with van der Waals surface area (Å²) in [7, 11) is 1.60. The first kappa shape index (κ1) is 18.7. The van der Waals surface area contributed by atoms with Gasteiger partial charge in [0.1, 0.15) is 5.82 Å². The third-order valence-electron chi connectivity index (χ3n) is 5.23. The quantitative estimate of drug-likeness (QED) is 0.680. The third kappa shape index (κ3) is 3.70. The zero-order valence-electron chi connectivity index (χ0n) is 16.4. The highest BCUT2D eigenvalue weighted by Crippen LogP contribution is 2.46. The summed E-state index contributed by atoms with van der Waals surface area (Å²) in [5.74, 6) is 3.68. The highest BCUT2D eigenvalue weighted by molar-refractivity contribution is 5.95. The summed E-state index contributed by atoms with van der Waals surface area (Å²) in [6.07, 6.45) is 8.97. The molecule has 0 unspecified atom stereocenters. The first-order valence-electron chi connectivity index (χ1n) is 9.42. The van der Waals surface area contributed by atoms with Crippen molar-refractivity contribution in [2.45, 2.75) is 25.3 Å². The maximum absolute atomic E-state index is 12.7. The average Bonchev–Trinajstić information content (AvgIpc) is 3.54. The van der Waals surface area contributed by atoms with Crippen LogP contribution < -0.4 is 10.1 Å². The van der Waals surface area contributed by atoms with Crippen LogP contribution in [0.3, 0.4) is 0 Å². The molecule has 1 amide bonds. The Kier molecular flexibility index (Phi) is 4.77. The number of terminal acetylenes is 1. The van der Waals surface area contributed by atoms with Crippen LogP contribution in [-0.2, 0) is 5.54 Å². The van der Waals surface area contributed by atoms with Crippen LogP contribution in [0.4, 0.5) is 0 Å². The van der Waals surface area contributed by atoms with Crippen LogP contribution in [0.25, 0.3) is 11.1 Å². The zero-order valence-corrected chi connectivity index (χ0v) is 16.4. The highest BCUT2D eigenvalue weighted by Gasteiger charge is 2.45. The Labute approximate surface area is 170 Å². The van der Waals surface area contributed by atoms with Crippen LogP contribution in [0.2, 0.25) is 0 Å². The molecule has 1 aliphatic carbocycles. The van der Waals surface area contributed by atoms with Crippen molar-refractivity contribution in [2.24, 2.45) is 0 Å². The van der Waals surface area contributed by atoms with E-state index in [9.17, 15) is 4.79 Å². The van der Waals surface area contributed by atoms with E-state index in [0.717, 1.165) is 35.1 Å². The van der Waals surface area contributed by atoms with Crippen LogP contribution in [0.1, 0.15) is 40.2 Å². The molecule has 0 bridgehead atoms. The van der Waals surface area contributed by atoms with E-state index in [1.807, 2.05) is 31.2 Å².